The highest BCUT2D eigenvalue weighted by Crippen LogP contribution is 2.39. The molecule has 2 rings (SSSR count). The summed E-state index contributed by atoms with van der Waals surface area (Å²) in [5, 5.41) is 13.2. The second-order valence-electron chi connectivity index (χ2n) is 4.88. The van der Waals surface area contributed by atoms with E-state index < -0.39 is 17.8 Å². The molecular formula is C15H12ClF3N2O2S. The third-order valence-corrected chi connectivity index (χ3v) is 4.46. The number of benzene rings is 1. The number of halogens is 4. The Morgan fingerprint density at radius 1 is 1.33 bits per heavy atom. The van der Waals surface area contributed by atoms with Gasteiger partial charge in [-0.15, -0.1) is 0 Å². The topological polar surface area (TPSA) is 55.1 Å². The van der Waals surface area contributed by atoms with Crippen LogP contribution in [-0.2, 0) is 18.0 Å². The maximum absolute atomic E-state index is 13.2. The molecule has 4 nitrogen and oxygen atoms in total. The molecule has 0 atom stereocenters. The average Bonchev–Trinajstić information content (AvgIpc) is 2.78. The lowest BCUT2D eigenvalue weighted by Gasteiger charge is -2.06. The van der Waals surface area contributed by atoms with Crippen molar-refractivity contribution in [2.24, 2.45) is 7.05 Å². The van der Waals surface area contributed by atoms with E-state index in [9.17, 15) is 18.0 Å². The van der Waals surface area contributed by atoms with Gasteiger partial charge in [-0.05, 0) is 37.3 Å². The fourth-order valence-corrected chi connectivity index (χ4v) is 2.94. The number of carboxylic acid groups (broad SMARTS) is 1. The molecule has 1 aromatic heterocycles. The maximum atomic E-state index is 13.2. The molecule has 2 aromatic rings. The highest BCUT2D eigenvalue weighted by Gasteiger charge is 2.38. The van der Waals surface area contributed by atoms with E-state index in [1.165, 1.54) is 14.0 Å². The van der Waals surface area contributed by atoms with Gasteiger partial charge in [0.15, 0.2) is 5.69 Å². The minimum Gasteiger partial charge on any atom is -0.478 e. The Bertz CT molecular complexity index is 798. The molecule has 1 heterocycles. The summed E-state index contributed by atoms with van der Waals surface area (Å²) in [5.74, 6) is -1.30. The SMILES string of the molecule is C/C(=C\c1c(C(F)(F)F)nn(C)c1Sc1ccc(Cl)cc1)C(=O)O. The molecule has 128 valence electrons. The molecule has 0 saturated heterocycles. The minimum absolute atomic E-state index is 0.185. The minimum atomic E-state index is -4.69. The molecule has 0 fully saturated rings. The first-order valence-electron chi connectivity index (χ1n) is 6.59. The molecule has 0 bridgehead atoms. The van der Waals surface area contributed by atoms with E-state index in [1.807, 2.05) is 0 Å². The highest BCUT2D eigenvalue weighted by molar-refractivity contribution is 7.99. The third-order valence-electron chi connectivity index (χ3n) is 3.02. The van der Waals surface area contributed by atoms with Gasteiger partial charge in [0.1, 0.15) is 5.03 Å². The molecule has 9 heteroatoms. The van der Waals surface area contributed by atoms with Crippen molar-refractivity contribution in [1.82, 2.24) is 9.78 Å². The first kappa shape index (κ1) is 18.4. The molecule has 1 N–H and O–H groups in total. The number of carbonyl (C=O) groups is 1. The quantitative estimate of drug-likeness (QED) is 0.784. The van der Waals surface area contributed by atoms with E-state index in [4.69, 9.17) is 16.7 Å². The number of hydrogen-bond acceptors (Lipinski definition) is 3. The summed E-state index contributed by atoms with van der Waals surface area (Å²) in [6, 6.07) is 6.54. The number of aryl methyl sites for hydroxylation is 1. The van der Waals surface area contributed by atoms with Gasteiger partial charge >= 0.3 is 12.1 Å². The molecule has 0 spiro atoms. The number of carboxylic acids is 1. The van der Waals surface area contributed by atoms with Crippen molar-refractivity contribution in [2.75, 3.05) is 0 Å². The molecule has 24 heavy (non-hydrogen) atoms. The van der Waals surface area contributed by atoms with Crippen LogP contribution in [0, 0.1) is 0 Å². The van der Waals surface area contributed by atoms with E-state index in [0.29, 0.717) is 9.92 Å². The lowest BCUT2D eigenvalue weighted by atomic mass is 10.1. The zero-order valence-corrected chi connectivity index (χ0v) is 14.1. The van der Waals surface area contributed by atoms with Crippen molar-refractivity contribution >= 4 is 35.4 Å². The van der Waals surface area contributed by atoms with Gasteiger partial charge in [-0.1, -0.05) is 23.4 Å². The summed E-state index contributed by atoms with van der Waals surface area (Å²) in [4.78, 5) is 11.6. The van der Waals surface area contributed by atoms with Gasteiger partial charge in [0.2, 0.25) is 0 Å². The third kappa shape index (κ3) is 4.12. The number of aliphatic carboxylic acids is 1. The van der Waals surface area contributed by atoms with E-state index in [-0.39, 0.29) is 16.2 Å². The van der Waals surface area contributed by atoms with Gasteiger partial charge < -0.3 is 5.11 Å². The van der Waals surface area contributed by atoms with Crippen molar-refractivity contribution in [3.05, 3.63) is 46.1 Å². The largest absolute Gasteiger partial charge is 0.478 e. The Labute approximate surface area is 144 Å². The summed E-state index contributed by atoms with van der Waals surface area (Å²) in [5.41, 5.74) is -1.61. The summed E-state index contributed by atoms with van der Waals surface area (Å²) in [7, 11) is 1.38. The van der Waals surface area contributed by atoms with Gasteiger partial charge in [-0.3, -0.25) is 4.68 Å². The Morgan fingerprint density at radius 3 is 2.42 bits per heavy atom. The van der Waals surface area contributed by atoms with E-state index in [0.717, 1.165) is 22.5 Å². The van der Waals surface area contributed by atoms with Gasteiger partial charge in [0, 0.05) is 28.1 Å². The van der Waals surface area contributed by atoms with Crippen molar-refractivity contribution in [2.45, 2.75) is 23.0 Å². The van der Waals surface area contributed by atoms with E-state index in [1.54, 1.807) is 24.3 Å². The van der Waals surface area contributed by atoms with E-state index >= 15 is 0 Å². The smallest absolute Gasteiger partial charge is 0.435 e. The van der Waals surface area contributed by atoms with Gasteiger partial charge in [-0.2, -0.15) is 18.3 Å². The Hall–Kier alpha value is -1.93. The maximum Gasteiger partial charge on any atom is 0.435 e. The van der Waals surface area contributed by atoms with Gasteiger partial charge in [0.25, 0.3) is 0 Å². The summed E-state index contributed by atoms with van der Waals surface area (Å²) in [6.45, 7) is 1.23. The van der Waals surface area contributed by atoms with Crippen LogP contribution in [0.1, 0.15) is 18.2 Å². The Morgan fingerprint density at radius 2 is 1.92 bits per heavy atom. The van der Waals surface area contributed by atoms with Crippen LogP contribution in [0.25, 0.3) is 6.08 Å². The first-order valence-corrected chi connectivity index (χ1v) is 7.78. The van der Waals surface area contributed by atoms with Crippen molar-refractivity contribution < 1.29 is 23.1 Å². The molecule has 0 radical (unpaired) electrons. The Balaban J connectivity index is 2.57. The van der Waals surface area contributed by atoms with Crippen LogP contribution in [0.3, 0.4) is 0 Å². The molecule has 0 aliphatic rings. The predicted octanol–water partition coefficient (Wildman–Crippen LogP) is 4.73. The number of aromatic nitrogens is 2. The molecule has 0 aliphatic carbocycles. The van der Waals surface area contributed by atoms with Crippen molar-refractivity contribution in [3.63, 3.8) is 0 Å². The monoisotopic (exact) mass is 376 g/mol. The zero-order valence-electron chi connectivity index (χ0n) is 12.6. The molecule has 1 aromatic carbocycles. The fourth-order valence-electron chi connectivity index (χ4n) is 1.88. The number of hydrogen-bond donors (Lipinski definition) is 1. The Kier molecular flexibility index (Phi) is 5.29. The second-order valence-corrected chi connectivity index (χ2v) is 6.38. The van der Waals surface area contributed by atoms with Crippen molar-refractivity contribution in [3.8, 4) is 0 Å². The highest BCUT2D eigenvalue weighted by atomic mass is 35.5. The molecule has 0 unspecified atom stereocenters. The number of rotatable bonds is 4. The lowest BCUT2D eigenvalue weighted by Crippen LogP contribution is -2.08. The van der Waals surface area contributed by atoms with Crippen LogP contribution < -0.4 is 0 Å². The summed E-state index contributed by atoms with van der Waals surface area (Å²) < 4.78 is 40.7. The van der Waals surface area contributed by atoms with Crippen LogP contribution in [-0.4, -0.2) is 20.9 Å². The van der Waals surface area contributed by atoms with Crippen LogP contribution in [0.15, 0.2) is 39.8 Å². The van der Waals surface area contributed by atoms with Gasteiger partial charge in [0.05, 0.1) is 0 Å². The number of alkyl halides is 3. The lowest BCUT2D eigenvalue weighted by molar-refractivity contribution is -0.141. The van der Waals surface area contributed by atoms with Gasteiger partial charge in [-0.25, -0.2) is 4.79 Å². The summed E-state index contributed by atoms with van der Waals surface area (Å²) >= 11 is 6.84. The van der Waals surface area contributed by atoms with Crippen LogP contribution >= 0.6 is 23.4 Å². The fraction of sp³-hybridized carbons (Fsp3) is 0.200. The second kappa shape index (κ2) is 6.90. The molecule has 0 aliphatic heterocycles. The van der Waals surface area contributed by atoms with Crippen LogP contribution in [0.2, 0.25) is 5.02 Å². The average molecular weight is 377 g/mol. The molecular weight excluding hydrogens is 365 g/mol. The number of nitrogens with zero attached hydrogens (tertiary/aromatic N) is 2. The van der Waals surface area contributed by atoms with Crippen LogP contribution in [0.4, 0.5) is 13.2 Å². The standard InChI is InChI=1S/C15H12ClF3N2O2S/c1-8(14(22)23)7-11-12(15(17,18)19)20-21(2)13(11)24-10-5-3-9(16)4-6-10/h3-7H,1-2H3,(H,22,23)/b8-7+. The molecule has 0 saturated carbocycles. The van der Waals surface area contributed by atoms with Crippen molar-refractivity contribution in [1.29, 1.82) is 0 Å². The summed E-state index contributed by atoms with van der Waals surface area (Å²) in [6.07, 6.45) is -3.71. The zero-order chi connectivity index (χ0) is 18.1. The first-order chi connectivity index (χ1) is 11.1. The molecule has 0 amide bonds. The van der Waals surface area contributed by atoms with Crippen LogP contribution in [0.5, 0.6) is 0 Å². The predicted molar refractivity (Wildman–Crippen MR) is 85.1 cm³/mol. The van der Waals surface area contributed by atoms with E-state index in [2.05, 4.69) is 5.10 Å². The normalized spacial score (nSPS) is 12.5.